The molecule has 0 saturated heterocycles. The first kappa shape index (κ1) is 16.0. The van der Waals surface area contributed by atoms with Crippen molar-refractivity contribution in [2.45, 2.75) is 31.8 Å². The van der Waals surface area contributed by atoms with Gasteiger partial charge in [0.05, 0.1) is 0 Å². The van der Waals surface area contributed by atoms with E-state index in [1.165, 1.54) is 18.4 Å². The van der Waals surface area contributed by atoms with E-state index < -0.39 is 0 Å². The van der Waals surface area contributed by atoms with Crippen molar-refractivity contribution in [1.29, 1.82) is 0 Å². The molecule has 0 spiro atoms. The molecule has 1 unspecified atom stereocenters. The van der Waals surface area contributed by atoms with Crippen molar-refractivity contribution in [3.05, 3.63) is 76.5 Å². The summed E-state index contributed by atoms with van der Waals surface area (Å²) in [5, 5.41) is 0. The summed E-state index contributed by atoms with van der Waals surface area (Å²) in [5.74, 6) is 2.76. The van der Waals surface area contributed by atoms with E-state index in [1.807, 2.05) is 30.3 Å². The minimum Gasteiger partial charge on any atom is -0.477 e. The molecule has 2 heterocycles. The average molecular weight is 407 g/mol. The van der Waals surface area contributed by atoms with E-state index in [1.54, 1.807) is 0 Å². The van der Waals surface area contributed by atoms with Gasteiger partial charge in [-0.25, -0.2) is 0 Å². The monoisotopic (exact) mass is 406 g/mol. The molecule has 1 atom stereocenters. The van der Waals surface area contributed by atoms with Gasteiger partial charge in [0.1, 0.15) is 11.5 Å². The summed E-state index contributed by atoms with van der Waals surface area (Å²) in [6, 6.07) is 18.6. The number of benzene rings is 2. The van der Waals surface area contributed by atoms with Crippen molar-refractivity contribution >= 4 is 15.9 Å². The first-order valence-electron chi connectivity index (χ1n) is 9.14. The Hall–Kier alpha value is -2.26. The summed E-state index contributed by atoms with van der Waals surface area (Å²) in [6.07, 6.45) is 6.92. The molecule has 2 nitrogen and oxygen atoms in total. The fourth-order valence-corrected chi connectivity index (χ4v) is 4.26. The van der Waals surface area contributed by atoms with Crippen molar-refractivity contribution in [2.24, 2.45) is 0 Å². The fourth-order valence-electron chi connectivity index (χ4n) is 3.90. The zero-order valence-electron chi connectivity index (χ0n) is 14.4. The highest BCUT2D eigenvalue weighted by Gasteiger charge is 2.33. The van der Waals surface area contributed by atoms with Crippen molar-refractivity contribution in [3.63, 3.8) is 0 Å². The highest BCUT2D eigenvalue weighted by molar-refractivity contribution is 9.10. The lowest BCUT2D eigenvalue weighted by molar-refractivity contribution is 0.201. The predicted molar refractivity (Wildman–Crippen MR) is 107 cm³/mol. The Labute approximate surface area is 161 Å². The van der Waals surface area contributed by atoms with E-state index in [9.17, 15) is 0 Å². The molecule has 1 aliphatic heterocycles. The molecule has 0 N–H and O–H groups in total. The Balaban J connectivity index is 1.68. The van der Waals surface area contributed by atoms with Crippen LogP contribution in [0, 0.1) is 0 Å². The Bertz CT molecular complexity index is 985. The highest BCUT2D eigenvalue weighted by atomic mass is 79.9. The van der Waals surface area contributed by atoms with Gasteiger partial charge in [-0.15, -0.1) is 0 Å². The third-order valence-corrected chi connectivity index (χ3v) is 5.69. The normalized spacial score (nSPS) is 18.5. The maximum absolute atomic E-state index is 6.42. The van der Waals surface area contributed by atoms with Crippen LogP contribution in [0.15, 0.2) is 75.1 Å². The minimum atomic E-state index is -0.114. The topological polar surface area (TPSA) is 22.4 Å². The van der Waals surface area contributed by atoms with Gasteiger partial charge in [-0.2, -0.15) is 0 Å². The van der Waals surface area contributed by atoms with Gasteiger partial charge in [-0.05, 0) is 55.5 Å². The van der Waals surface area contributed by atoms with E-state index in [4.69, 9.17) is 9.15 Å². The number of ether oxygens (including phenoxy) is 1. The molecule has 130 valence electrons. The third kappa shape index (κ3) is 2.71. The minimum absolute atomic E-state index is 0.114. The molecule has 26 heavy (non-hydrogen) atoms. The zero-order chi connectivity index (χ0) is 17.5. The number of fused-ring (bicyclic) bond motifs is 3. The fraction of sp³-hybridized carbons (Fsp3) is 0.217. The number of hydrogen-bond acceptors (Lipinski definition) is 2. The Morgan fingerprint density at radius 1 is 0.923 bits per heavy atom. The number of halogens is 1. The van der Waals surface area contributed by atoms with Gasteiger partial charge >= 0.3 is 0 Å². The van der Waals surface area contributed by atoms with Gasteiger partial charge in [0.15, 0.2) is 11.9 Å². The van der Waals surface area contributed by atoms with E-state index in [-0.39, 0.29) is 6.10 Å². The van der Waals surface area contributed by atoms with Crippen LogP contribution in [0.5, 0.6) is 5.75 Å². The Morgan fingerprint density at radius 3 is 2.62 bits per heavy atom. The van der Waals surface area contributed by atoms with Crippen molar-refractivity contribution < 1.29 is 9.15 Å². The second-order valence-corrected chi connectivity index (χ2v) is 7.83. The molecule has 3 aromatic rings. The molecule has 3 heteroatoms. The molecule has 0 saturated carbocycles. The maximum atomic E-state index is 6.42. The summed E-state index contributed by atoms with van der Waals surface area (Å²) in [6.45, 7) is 0. The summed E-state index contributed by atoms with van der Waals surface area (Å²) in [4.78, 5) is 0. The van der Waals surface area contributed by atoms with E-state index in [0.717, 1.165) is 51.3 Å². The third-order valence-electron chi connectivity index (χ3n) is 5.20. The summed E-state index contributed by atoms with van der Waals surface area (Å²) in [7, 11) is 0. The smallest absolute Gasteiger partial charge is 0.178 e. The van der Waals surface area contributed by atoms with Gasteiger partial charge in [-0.1, -0.05) is 52.3 Å². The molecule has 1 aromatic heterocycles. The van der Waals surface area contributed by atoms with Crippen LogP contribution in [0.4, 0.5) is 0 Å². The molecule has 0 fully saturated rings. The SMILES string of the molecule is Brc1ccc2c(c1)-c1cc(-c3ccccc3)oc1C(C1=CCCCC1)O2. The average Bonchev–Trinajstić information content (AvgIpc) is 3.15. The van der Waals surface area contributed by atoms with Crippen LogP contribution < -0.4 is 4.74 Å². The van der Waals surface area contributed by atoms with Gasteiger partial charge < -0.3 is 9.15 Å². The van der Waals surface area contributed by atoms with Gasteiger partial charge in [-0.3, -0.25) is 0 Å². The molecule has 2 aromatic carbocycles. The predicted octanol–water partition coefficient (Wildman–Crippen LogP) is 7.31. The highest BCUT2D eigenvalue weighted by Crippen LogP contribution is 2.49. The van der Waals surface area contributed by atoms with Crippen LogP contribution >= 0.6 is 15.9 Å². The zero-order valence-corrected chi connectivity index (χ0v) is 16.0. The number of hydrogen-bond donors (Lipinski definition) is 0. The summed E-state index contributed by atoms with van der Waals surface area (Å²) in [5.41, 5.74) is 4.67. The van der Waals surface area contributed by atoms with E-state index in [2.05, 4.69) is 46.3 Å². The van der Waals surface area contributed by atoms with Crippen LogP contribution in [0.3, 0.4) is 0 Å². The second kappa shape index (κ2) is 6.48. The van der Waals surface area contributed by atoms with Crippen LogP contribution in [0.2, 0.25) is 0 Å². The lowest BCUT2D eigenvalue weighted by Crippen LogP contribution is -2.16. The number of furan rings is 1. The Kier molecular flexibility index (Phi) is 3.97. The number of rotatable bonds is 2. The van der Waals surface area contributed by atoms with Crippen LogP contribution in [-0.2, 0) is 0 Å². The molecule has 2 aliphatic rings. The summed E-state index contributed by atoms with van der Waals surface area (Å²) < 4.78 is 13.8. The lowest BCUT2D eigenvalue weighted by atomic mass is 9.90. The van der Waals surface area contributed by atoms with E-state index >= 15 is 0 Å². The molecule has 0 radical (unpaired) electrons. The van der Waals surface area contributed by atoms with E-state index in [0.29, 0.717) is 0 Å². The van der Waals surface area contributed by atoms with Crippen LogP contribution in [0.1, 0.15) is 37.5 Å². The maximum Gasteiger partial charge on any atom is 0.178 e. The van der Waals surface area contributed by atoms with Crippen LogP contribution in [-0.4, -0.2) is 0 Å². The van der Waals surface area contributed by atoms with Gasteiger partial charge in [0.2, 0.25) is 0 Å². The second-order valence-electron chi connectivity index (χ2n) is 6.92. The van der Waals surface area contributed by atoms with Crippen LogP contribution in [0.25, 0.3) is 22.5 Å². The molecule has 1 aliphatic carbocycles. The number of allylic oxidation sites excluding steroid dienone is 1. The quantitative estimate of drug-likeness (QED) is 0.416. The molecular formula is C23H19BrO2. The molecule has 5 rings (SSSR count). The van der Waals surface area contributed by atoms with Gasteiger partial charge in [0, 0.05) is 21.2 Å². The first-order chi connectivity index (χ1) is 12.8. The van der Waals surface area contributed by atoms with Crippen molar-refractivity contribution in [2.75, 3.05) is 0 Å². The van der Waals surface area contributed by atoms with Crippen molar-refractivity contribution in [1.82, 2.24) is 0 Å². The largest absolute Gasteiger partial charge is 0.477 e. The molecule has 0 bridgehead atoms. The lowest BCUT2D eigenvalue weighted by Gasteiger charge is -2.28. The van der Waals surface area contributed by atoms with Crippen molar-refractivity contribution in [3.8, 4) is 28.2 Å². The Morgan fingerprint density at radius 2 is 1.81 bits per heavy atom. The van der Waals surface area contributed by atoms with Gasteiger partial charge in [0.25, 0.3) is 0 Å². The molecular weight excluding hydrogens is 388 g/mol. The first-order valence-corrected chi connectivity index (χ1v) is 9.93. The summed E-state index contributed by atoms with van der Waals surface area (Å²) >= 11 is 3.59. The standard InChI is InChI=1S/C23H19BrO2/c24-17-11-12-20-18(13-17)19-14-21(15-7-3-1-4-8-15)26-23(19)22(25-20)16-9-5-2-6-10-16/h1,3-4,7-9,11-14,22H,2,5-6,10H2. The molecule has 0 amide bonds.